The SMILES string of the molecule is C=PCS(=O)(=O)c1ccccc1. The van der Waals surface area contributed by atoms with E-state index in [2.05, 4.69) is 6.30 Å². The number of hydrogen-bond donors (Lipinski definition) is 0. The Balaban J connectivity index is 3.07. The summed E-state index contributed by atoms with van der Waals surface area (Å²) in [6.45, 7) is 0. The molecule has 0 radical (unpaired) electrons. The van der Waals surface area contributed by atoms with Crippen molar-refractivity contribution in [1.29, 1.82) is 0 Å². The average molecular weight is 200 g/mol. The first-order chi connectivity index (χ1) is 5.67. The largest absolute Gasteiger partial charge is 0.223 e. The van der Waals surface area contributed by atoms with Crippen LogP contribution in [0.15, 0.2) is 35.2 Å². The summed E-state index contributed by atoms with van der Waals surface area (Å²) < 4.78 is 22.8. The van der Waals surface area contributed by atoms with Gasteiger partial charge in [-0.05, 0) is 12.1 Å². The number of hydrogen-bond acceptors (Lipinski definition) is 2. The highest BCUT2D eigenvalue weighted by atomic mass is 32.2. The molecule has 0 bridgehead atoms. The lowest BCUT2D eigenvalue weighted by Crippen LogP contribution is -2.01. The van der Waals surface area contributed by atoms with E-state index in [1.807, 2.05) is 0 Å². The van der Waals surface area contributed by atoms with Crippen molar-refractivity contribution in [2.45, 2.75) is 4.90 Å². The molecule has 0 saturated heterocycles. The highest BCUT2D eigenvalue weighted by molar-refractivity contribution is 7.95. The summed E-state index contributed by atoms with van der Waals surface area (Å²) in [7, 11) is -2.45. The molecule has 0 heterocycles. The highest BCUT2D eigenvalue weighted by Crippen LogP contribution is 2.13. The van der Waals surface area contributed by atoms with E-state index in [4.69, 9.17) is 0 Å². The van der Waals surface area contributed by atoms with Crippen molar-refractivity contribution in [2.75, 3.05) is 5.49 Å². The van der Waals surface area contributed by atoms with Crippen LogP contribution in [0.25, 0.3) is 0 Å². The van der Waals surface area contributed by atoms with Crippen LogP contribution < -0.4 is 0 Å². The standard InChI is InChI=1S/C8H9O2PS/c1-11-7-12(9,10)8-5-3-2-4-6-8/h2-6H,1,7H2. The summed E-state index contributed by atoms with van der Waals surface area (Å²) in [4.78, 5) is 0.376. The maximum Gasteiger partial charge on any atom is 0.186 e. The van der Waals surface area contributed by atoms with Crippen LogP contribution in [0.3, 0.4) is 0 Å². The average Bonchev–Trinajstić information content (AvgIpc) is 2.06. The van der Waals surface area contributed by atoms with Crippen molar-refractivity contribution >= 4 is 24.3 Å². The zero-order valence-electron chi connectivity index (χ0n) is 6.47. The Labute approximate surface area is 74.0 Å². The zero-order valence-corrected chi connectivity index (χ0v) is 8.18. The second kappa shape index (κ2) is 3.83. The van der Waals surface area contributed by atoms with Crippen LogP contribution in [0.4, 0.5) is 0 Å². The van der Waals surface area contributed by atoms with Crippen molar-refractivity contribution in [1.82, 2.24) is 0 Å². The van der Waals surface area contributed by atoms with Crippen LogP contribution in [0, 0.1) is 0 Å². The third kappa shape index (κ3) is 2.16. The molecule has 0 aliphatic heterocycles. The normalized spacial score (nSPS) is 11.7. The molecule has 2 nitrogen and oxygen atoms in total. The summed E-state index contributed by atoms with van der Waals surface area (Å²) >= 11 is 0. The number of rotatable bonds is 3. The molecule has 0 fully saturated rings. The minimum atomic E-state index is -3.09. The van der Waals surface area contributed by atoms with E-state index in [9.17, 15) is 8.42 Å². The van der Waals surface area contributed by atoms with E-state index >= 15 is 0 Å². The molecule has 1 aromatic rings. The molecule has 0 aliphatic rings. The van der Waals surface area contributed by atoms with Gasteiger partial charge in [-0.1, -0.05) is 32.7 Å². The molecule has 0 aromatic heterocycles. The third-order valence-corrected chi connectivity index (χ3v) is 4.44. The van der Waals surface area contributed by atoms with Gasteiger partial charge in [0.15, 0.2) is 9.84 Å². The number of benzene rings is 1. The lowest BCUT2D eigenvalue weighted by molar-refractivity contribution is 0.601. The Hall–Kier alpha value is -0.660. The second-order valence-electron chi connectivity index (χ2n) is 2.28. The van der Waals surface area contributed by atoms with Crippen molar-refractivity contribution in [3.63, 3.8) is 0 Å². The van der Waals surface area contributed by atoms with Gasteiger partial charge in [0.25, 0.3) is 0 Å². The van der Waals surface area contributed by atoms with Crippen LogP contribution >= 0.6 is 8.20 Å². The molecule has 12 heavy (non-hydrogen) atoms. The Morgan fingerprint density at radius 1 is 1.25 bits per heavy atom. The molecule has 0 aliphatic carbocycles. The van der Waals surface area contributed by atoms with Gasteiger partial charge in [0.2, 0.25) is 0 Å². The smallest absolute Gasteiger partial charge is 0.186 e. The first-order valence-electron chi connectivity index (χ1n) is 3.37. The minimum absolute atomic E-state index is 0.0943. The fourth-order valence-corrected chi connectivity index (χ4v) is 2.95. The van der Waals surface area contributed by atoms with Crippen molar-refractivity contribution < 1.29 is 8.42 Å². The lowest BCUT2D eigenvalue weighted by atomic mass is 10.4. The Morgan fingerprint density at radius 3 is 2.33 bits per heavy atom. The molecule has 0 spiro atoms. The Kier molecular flexibility index (Phi) is 3.01. The fraction of sp³-hybridized carbons (Fsp3) is 0.125. The number of sulfone groups is 1. The quantitative estimate of drug-likeness (QED) is 0.697. The molecular formula is C8H9O2PS. The van der Waals surface area contributed by atoms with E-state index in [0.29, 0.717) is 13.1 Å². The van der Waals surface area contributed by atoms with Gasteiger partial charge >= 0.3 is 0 Å². The molecule has 4 heteroatoms. The molecule has 0 saturated carbocycles. The maximum absolute atomic E-state index is 11.4. The van der Waals surface area contributed by atoms with Gasteiger partial charge in [0.05, 0.1) is 10.4 Å². The van der Waals surface area contributed by atoms with Gasteiger partial charge in [-0.15, -0.1) is 0 Å². The van der Waals surface area contributed by atoms with Gasteiger partial charge in [0.1, 0.15) is 0 Å². The molecule has 0 N–H and O–H groups in total. The van der Waals surface area contributed by atoms with Crippen LogP contribution in [0.1, 0.15) is 0 Å². The topological polar surface area (TPSA) is 34.1 Å². The van der Waals surface area contributed by atoms with Crippen LogP contribution in [0.5, 0.6) is 0 Å². The van der Waals surface area contributed by atoms with Crippen LogP contribution in [0.2, 0.25) is 0 Å². The summed E-state index contributed by atoms with van der Waals surface area (Å²) in [6.07, 6.45) is 3.49. The summed E-state index contributed by atoms with van der Waals surface area (Å²) in [6, 6.07) is 8.42. The Bertz CT molecular complexity index is 356. The van der Waals surface area contributed by atoms with Gasteiger partial charge < -0.3 is 0 Å². The van der Waals surface area contributed by atoms with Gasteiger partial charge in [-0.25, -0.2) is 8.42 Å². The van der Waals surface area contributed by atoms with Crippen LogP contribution in [-0.4, -0.2) is 20.2 Å². The monoisotopic (exact) mass is 200 g/mol. The summed E-state index contributed by atoms with van der Waals surface area (Å²) in [5, 5.41) is 0. The molecule has 1 rings (SSSR count). The molecule has 0 unspecified atom stereocenters. The minimum Gasteiger partial charge on any atom is -0.223 e. The first kappa shape index (κ1) is 9.43. The summed E-state index contributed by atoms with van der Waals surface area (Å²) in [5.74, 6) is 0. The second-order valence-corrected chi connectivity index (χ2v) is 5.46. The van der Waals surface area contributed by atoms with Crippen molar-refractivity contribution in [3.8, 4) is 0 Å². The fourth-order valence-electron chi connectivity index (χ4n) is 0.823. The van der Waals surface area contributed by atoms with Crippen molar-refractivity contribution in [3.05, 3.63) is 30.3 Å². The summed E-state index contributed by atoms with van der Waals surface area (Å²) in [5.41, 5.74) is 0.0943. The molecule has 64 valence electrons. The lowest BCUT2D eigenvalue weighted by Gasteiger charge is -1.98. The van der Waals surface area contributed by atoms with Gasteiger partial charge in [0, 0.05) is 0 Å². The van der Waals surface area contributed by atoms with Gasteiger partial charge in [-0.2, -0.15) is 0 Å². The predicted molar refractivity (Wildman–Crippen MR) is 52.5 cm³/mol. The van der Waals surface area contributed by atoms with E-state index < -0.39 is 9.84 Å². The first-order valence-corrected chi connectivity index (χ1v) is 6.29. The zero-order chi connectivity index (χ0) is 9.03. The molecular weight excluding hydrogens is 191 g/mol. The molecule has 1 aromatic carbocycles. The molecule has 0 atom stereocenters. The van der Waals surface area contributed by atoms with E-state index in [-0.39, 0.29) is 5.49 Å². The Morgan fingerprint density at radius 2 is 1.83 bits per heavy atom. The van der Waals surface area contributed by atoms with Gasteiger partial charge in [-0.3, -0.25) is 0 Å². The third-order valence-electron chi connectivity index (χ3n) is 1.36. The van der Waals surface area contributed by atoms with Crippen LogP contribution in [-0.2, 0) is 9.84 Å². The highest BCUT2D eigenvalue weighted by Gasteiger charge is 2.10. The van der Waals surface area contributed by atoms with Crippen molar-refractivity contribution in [2.24, 2.45) is 0 Å². The van der Waals surface area contributed by atoms with E-state index in [0.717, 1.165) is 0 Å². The van der Waals surface area contributed by atoms with E-state index in [1.54, 1.807) is 30.3 Å². The molecule has 0 amide bonds. The van der Waals surface area contributed by atoms with E-state index in [1.165, 1.54) is 0 Å². The maximum atomic E-state index is 11.4. The predicted octanol–water partition coefficient (Wildman–Crippen LogP) is 1.80.